The lowest BCUT2D eigenvalue weighted by atomic mass is 9.54. The van der Waals surface area contributed by atoms with E-state index in [0.29, 0.717) is 24.6 Å². The zero-order chi connectivity index (χ0) is 22.1. The second-order valence-corrected chi connectivity index (χ2v) is 8.09. The van der Waals surface area contributed by atoms with Crippen LogP contribution in [0.2, 0.25) is 0 Å². The first-order valence-electron chi connectivity index (χ1n) is 9.87. The molecule has 0 unspecified atom stereocenters. The molecule has 0 saturated heterocycles. The molecule has 1 aliphatic heterocycles. The lowest BCUT2D eigenvalue weighted by Gasteiger charge is -2.47. The van der Waals surface area contributed by atoms with Crippen molar-refractivity contribution < 1.29 is 9.47 Å². The van der Waals surface area contributed by atoms with E-state index >= 15 is 0 Å². The Morgan fingerprint density at radius 3 is 2.47 bits per heavy atom. The first-order chi connectivity index (χ1) is 14.3. The third-order valence-electron chi connectivity index (χ3n) is 5.88. The van der Waals surface area contributed by atoms with Crippen LogP contribution in [0.3, 0.4) is 0 Å². The molecule has 1 N–H and O–H groups in total. The number of nitriles is 3. The van der Waals surface area contributed by atoms with E-state index < -0.39 is 17.3 Å². The topological polar surface area (TPSA) is 117 Å². The van der Waals surface area contributed by atoms with Gasteiger partial charge in [-0.25, -0.2) is 0 Å². The van der Waals surface area contributed by atoms with E-state index in [4.69, 9.17) is 14.9 Å². The van der Waals surface area contributed by atoms with E-state index in [1.807, 2.05) is 33.0 Å². The highest BCUT2D eigenvalue weighted by molar-refractivity contribution is 6.00. The number of hydrogen-bond acceptors (Lipinski definition) is 7. The number of fused-ring (bicyclic) bond motifs is 1. The number of hydrogen-bond donors (Lipinski definition) is 1. The van der Waals surface area contributed by atoms with Gasteiger partial charge in [-0.15, -0.1) is 0 Å². The number of methoxy groups -OCH3 is 1. The van der Waals surface area contributed by atoms with Gasteiger partial charge in [0.25, 0.3) is 0 Å². The molecule has 7 nitrogen and oxygen atoms in total. The first kappa shape index (κ1) is 21.4. The number of benzene rings is 1. The molecule has 1 heterocycles. The highest BCUT2D eigenvalue weighted by atomic mass is 16.5. The maximum atomic E-state index is 10.1. The van der Waals surface area contributed by atoms with Gasteiger partial charge in [0.05, 0.1) is 37.1 Å². The van der Waals surface area contributed by atoms with E-state index in [2.05, 4.69) is 23.1 Å². The molecule has 0 bridgehead atoms. The van der Waals surface area contributed by atoms with Crippen LogP contribution in [0.4, 0.5) is 0 Å². The van der Waals surface area contributed by atoms with Gasteiger partial charge in [-0.05, 0) is 44.2 Å². The molecular formula is C23H25N5O2. The maximum absolute atomic E-state index is 10.1. The fraction of sp³-hybridized carbons (Fsp3) is 0.478. The van der Waals surface area contributed by atoms with E-state index in [-0.39, 0.29) is 17.7 Å². The van der Waals surface area contributed by atoms with Gasteiger partial charge >= 0.3 is 0 Å². The number of likely N-dealkylation sites (N-methyl/N-ethyl adjacent to an activating group) is 1. The van der Waals surface area contributed by atoms with Gasteiger partial charge in [-0.2, -0.15) is 15.8 Å². The normalized spacial score (nSPS) is 25.3. The van der Waals surface area contributed by atoms with Crippen molar-refractivity contribution in [3.05, 3.63) is 35.4 Å². The van der Waals surface area contributed by atoms with Crippen molar-refractivity contribution in [2.75, 3.05) is 27.2 Å². The number of nitrogens with zero attached hydrogens (tertiary/aromatic N) is 4. The van der Waals surface area contributed by atoms with Crippen molar-refractivity contribution in [3.63, 3.8) is 0 Å². The summed E-state index contributed by atoms with van der Waals surface area (Å²) in [6.45, 7) is 5.10. The summed E-state index contributed by atoms with van der Waals surface area (Å²) >= 11 is 0. The lowest BCUT2D eigenvalue weighted by molar-refractivity contribution is 0.227. The lowest BCUT2D eigenvalue weighted by Crippen LogP contribution is -2.52. The standard InChI is InChI=1S/C23H25N5O2/c1-14(2)30-19-6-5-15(9-20(19)29-4)21-18-11-28(3)8-7-16(18)17(10-24)22(27)23(21,12-25)13-26/h5-7,9,14,17-18,21,27H,8,11H2,1-4H3/t17-,18+,21-/m1/s1. The van der Waals surface area contributed by atoms with Crippen LogP contribution in [0.5, 0.6) is 11.5 Å². The van der Waals surface area contributed by atoms with Crippen LogP contribution >= 0.6 is 0 Å². The zero-order valence-electron chi connectivity index (χ0n) is 17.6. The van der Waals surface area contributed by atoms with Crippen molar-refractivity contribution in [2.45, 2.75) is 25.9 Å². The number of ether oxygens (including phenoxy) is 2. The molecular weight excluding hydrogens is 378 g/mol. The summed E-state index contributed by atoms with van der Waals surface area (Å²) in [7, 11) is 3.51. The Morgan fingerprint density at radius 1 is 1.20 bits per heavy atom. The highest BCUT2D eigenvalue weighted by Gasteiger charge is 2.57. The largest absolute Gasteiger partial charge is 0.493 e. The molecule has 154 valence electrons. The molecule has 1 aliphatic carbocycles. The van der Waals surface area contributed by atoms with Gasteiger partial charge in [0.1, 0.15) is 5.92 Å². The monoisotopic (exact) mass is 403 g/mol. The van der Waals surface area contributed by atoms with Gasteiger partial charge in [-0.1, -0.05) is 12.1 Å². The van der Waals surface area contributed by atoms with Crippen molar-refractivity contribution in [2.24, 2.45) is 17.3 Å². The molecule has 0 radical (unpaired) electrons. The Labute approximate surface area is 177 Å². The van der Waals surface area contributed by atoms with Gasteiger partial charge in [0.2, 0.25) is 0 Å². The highest BCUT2D eigenvalue weighted by Crippen LogP contribution is 2.54. The Morgan fingerprint density at radius 2 is 1.90 bits per heavy atom. The molecule has 1 aromatic rings. The molecule has 1 saturated carbocycles. The second-order valence-electron chi connectivity index (χ2n) is 8.09. The van der Waals surface area contributed by atoms with Gasteiger partial charge in [0, 0.05) is 24.9 Å². The fourth-order valence-corrected chi connectivity index (χ4v) is 4.56. The van der Waals surface area contributed by atoms with Crippen LogP contribution in [0, 0.1) is 56.7 Å². The molecule has 2 aliphatic rings. The Balaban J connectivity index is 2.22. The molecule has 1 fully saturated rings. The van der Waals surface area contributed by atoms with Crippen molar-refractivity contribution in [1.82, 2.24) is 4.90 Å². The van der Waals surface area contributed by atoms with Crippen LogP contribution in [0.1, 0.15) is 25.3 Å². The molecule has 30 heavy (non-hydrogen) atoms. The smallest absolute Gasteiger partial charge is 0.189 e. The van der Waals surface area contributed by atoms with Crippen molar-refractivity contribution >= 4 is 5.71 Å². The quantitative estimate of drug-likeness (QED) is 0.771. The van der Waals surface area contributed by atoms with Crippen LogP contribution in [-0.4, -0.2) is 44.0 Å². The molecule has 3 atom stereocenters. The summed E-state index contributed by atoms with van der Waals surface area (Å²) < 4.78 is 11.3. The number of rotatable bonds is 4. The van der Waals surface area contributed by atoms with E-state index in [1.54, 1.807) is 19.2 Å². The summed E-state index contributed by atoms with van der Waals surface area (Å²) in [5, 5.41) is 38.6. The molecule has 0 spiro atoms. The van der Waals surface area contributed by atoms with E-state index in [0.717, 1.165) is 11.1 Å². The molecule has 1 aromatic carbocycles. The molecule has 3 rings (SSSR count). The summed E-state index contributed by atoms with van der Waals surface area (Å²) in [4.78, 5) is 2.09. The summed E-state index contributed by atoms with van der Waals surface area (Å²) in [6, 6.07) is 11.8. The van der Waals surface area contributed by atoms with Crippen LogP contribution in [0.25, 0.3) is 0 Å². The van der Waals surface area contributed by atoms with Crippen molar-refractivity contribution in [1.29, 1.82) is 21.2 Å². The summed E-state index contributed by atoms with van der Waals surface area (Å²) in [5.74, 6) is -0.601. The summed E-state index contributed by atoms with van der Waals surface area (Å²) in [6.07, 6.45) is 1.93. The minimum atomic E-state index is -1.73. The predicted molar refractivity (Wildman–Crippen MR) is 111 cm³/mol. The Kier molecular flexibility index (Phi) is 5.83. The first-order valence-corrected chi connectivity index (χ1v) is 9.87. The van der Waals surface area contributed by atoms with Gasteiger partial charge in [0.15, 0.2) is 16.9 Å². The Hall–Kier alpha value is -3.34. The minimum absolute atomic E-state index is 0.0390. The van der Waals surface area contributed by atoms with E-state index in [1.165, 1.54) is 0 Å². The molecule has 0 amide bonds. The predicted octanol–water partition coefficient (Wildman–Crippen LogP) is 3.26. The average Bonchev–Trinajstić information content (AvgIpc) is 2.73. The number of nitrogens with one attached hydrogen (secondary N) is 1. The minimum Gasteiger partial charge on any atom is -0.493 e. The second kappa shape index (κ2) is 8.19. The average molecular weight is 403 g/mol. The summed E-state index contributed by atoms with van der Waals surface area (Å²) in [5.41, 5.74) is -0.327. The maximum Gasteiger partial charge on any atom is 0.189 e. The molecule has 0 aromatic heterocycles. The Bertz CT molecular complexity index is 994. The zero-order valence-corrected chi connectivity index (χ0v) is 17.6. The fourth-order valence-electron chi connectivity index (χ4n) is 4.56. The van der Waals surface area contributed by atoms with Crippen LogP contribution in [-0.2, 0) is 0 Å². The van der Waals surface area contributed by atoms with Gasteiger partial charge < -0.3 is 19.8 Å². The SMILES string of the molecule is COc1cc([C@@H]2[C@H]3CN(C)CC=C3[C@@H](C#N)C(=N)C2(C#N)C#N)ccc1OC(C)C. The van der Waals surface area contributed by atoms with Gasteiger partial charge in [-0.3, -0.25) is 0 Å². The van der Waals surface area contributed by atoms with Crippen LogP contribution in [0.15, 0.2) is 29.8 Å². The van der Waals surface area contributed by atoms with E-state index in [9.17, 15) is 15.8 Å². The molecule has 7 heteroatoms. The third kappa shape index (κ3) is 3.30. The third-order valence-corrected chi connectivity index (χ3v) is 5.88. The van der Waals surface area contributed by atoms with Crippen LogP contribution < -0.4 is 9.47 Å². The van der Waals surface area contributed by atoms with Crippen molar-refractivity contribution in [3.8, 4) is 29.7 Å².